The molecule has 0 aliphatic carbocycles. The number of rotatable bonds is 4. The molecular formula is C14H14ClNOS. The van der Waals surface area contributed by atoms with Crippen LogP contribution in [0.1, 0.15) is 18.5 Å². The van der Waals surface area contributed by atoms with E-state index in [1.165, 1.54) is 0 Å². The quantitative estimate of drug-likeness (QED) is 0.784. The Morgan fingerprint density at radius 2 is 2.17 bits per heavy atom. The van der Waals surface area contributed by atoms with Gasteiger partial charge < -0.3 is 4.74 Å². The lowest BCUT2D eigenvalue weighted by Gasteiger charge is -2.04. The normalized spacial score (nSPS) is 10.6. The van der Waals surface area contributed by atoms with Crippen LogP contribution in [0.25, 0.3) is 10.9 Å². The number of hydrogen-bond donors (Lipinski definition) is 0. The summed E-state index contributed by atoms with van der Waals surface area (Å²) in [6, 6.07) is 9.82. The molecule has 1 aromatic heterocycles. The van der Waals surface area contributed by atoms with Crippen molar-refractivity contribution in [2.75, 3.05) is 7.11 Å². The van der Waals surface area contributed by atoms with Crippen LogP contribution in [0, 0.1) is 0 Å². The molecule has 0 spiro atoms. The molecular weight excluding hydrogens is 266 g/mol. The van der Waals surface area contributed by atoms with E-state index in [1.54, 1.807) is 7.11 Å². The summed E-state index contributed by atoms with van der Waals surface area (Å²) in [5.41, 5.74) is 2.05. The molecule has 2 aromatic rings. The van der Waals surface area contributed by atoms with E-state index in [1.807, 2.05) is 24.3 Å². The van der Waals surface area contributed by atoms with Crippen molar-refractivity contribution in [1.29, 1.82) is 0 Å². The molecule has 2 nitrogen and oxygen atoms in total. The maximum Gasteiger partial charge on any atom is 0.159 e. The molecule has 0 atom stereocenters. The Labute approximate surface area is 117 Å². The second kappa shape index (κ2) is 6.12. The number of benzene rings is 1. The summed E-state index contributed by atoms with van der Waals surface area (Å²) in [7, 11) is 1.61. The van der Waals surface area contributed by atoms with Crippen LogP contribution in [-0.4, -0.2) is 17.1 Å². The Bertz CT molecular complexity index is 571. The highest BCUT2D eigenvalue weighted by molar-refractivity contribution is 7.80. The van der Waals surface area contributed by atoms with E-state index in [9.17, 15) is 0 Å². The maximum atomic E-state index is 5.94. The van der Waals surface area contributed by atoms with Gasteiger partial charge in [0.05, 0.1) is 12.6 Å². The van der Waals surface area contributed by atoms with Gasteiger partial charge in [-0.05, 0) is 49.3 Å². The van der Waals surface area contributed by atoms with Crippen molar-refractivity contribution < 1.29 is 4.74 Å². The van der Waals surface area contributed by atoms with Gasteiger partial charge in [-0.25, -0.2) is 0 Å². The second-order valence-electron chi connectivity index (χ2n) is 4.07. The first-order valence-corrected chi connectivity index (χ1v) is 6.59. The Kier molecular flexibility index (Phi) is 4.50. The molecule has 94 valence electrons. The lowest BCUT2D eigenvalue weighted by molar-refractivity contribution is 0.400. The summed E-state index contributed by atoms with van der Waals surface area (Å²) in [5.74, 6) is 0. The van der Waals surface area contributed by atoms with Crippen LogP contribution in [0.4, 0.5) is 0 Å². The van der Waals surface area contributed by atoms with Gasteiger partial charge in [0, 0.05) is 22.5 Å². The van der Waals surface area contributed by atoms with E-state index in [-0.39, 0.29) is 0 Å². The third-order valence-corrected chi connectivity index (χ3v) is 3.36. The smallest absolute Gasteiger partial charge is 0.159 e. The van der Waals surface area contributed by atoms with Gasteiger partial charge in [0.25, 0.3) is 0 Å². The molecule has 4 heteroatoms. The van der Waals surface area contributed by atoms with Crippen LogP contribution < -0.4 is 0 Å². The van der Waals surface area contributed by atoms with Crippen molar-refractivity contribution in [2.45, 2.75) is 19.3 Å². The first kappa shape index (κ1) is 13.2. The Morgan fingerprint density at radius 1 is 1.33 bits per heavy atom. The van der Waals surface area contributed by atoms with Crippen molar-refractivity contribution in [2.24, 2.45) is 0 Å². The molecule has 0 amide bonds. The van der Waals surface area contributed by atoms with Crippen LogP contribution in [0.3, 0.4) is 0 Å². The number of nitrogens with zero attached hydrogens (tertiary/aromatic N) is 1. The van der Waals surface area contributed by atoms with Gasteiger partial charge in [0.15, 0.2) is 5.05 Å². The highest BCUT2D eigenvalue weighted by Gasteiger charge is 2.01. The van der Waals surface area contributed by atoms with Crippen molar-refractivity contribution in [3.05, 3.63) is 41.0 Å². The van der Waals surface area contributed by atoms with E-state index >= 15 is 0 Å². The van der Waals surface area contributed by atoms with E-state index in [4.69, 9.17) is 28.6 Å². The second-order valence-corrected chi connectivity index (χ2v) is 4.96. The maximum absolute atomic E-state index is 5.94. The molecule has 2 rings (SSSR count). The van der Waals surface area contributed by atoms with Gasteiger partial charge in [-0.1, -0.05) is 17.7 Å². The lowest BCUT2D eigenvalue weighted by atomic mass is 10.1. The number of hydrogen-bond acceptors (Lipinski definition) is 3. The molecule has 0 bridgehead atoms. The molecule has 0 aliphatic heterocycles. The van der Waals surface area contributed by atoms with Gasteiger partial charge in [0.2, 0.25) is 0 Å². The minimum atomic E-state index is 0.655. The van der Waals surface area contributed by atoms with E-state index < -0.39 is 0 Å². The minimum absolute atomic E-state index is 0.655. The van der Waals surface area contributed by atoms with E-state index in [0.717, 1.165) is 40.9 Å². The lowest BCUT2D eigenvalue weighted by Crippen LogP contribution is -1.99. The fraction of sp³-hybridized carbons (Fsp3) is 0.286. The average molecular weight is 280 g/mol. The molecule has 0 aliphatic rings. The van der Waals surface area contributed by atoms with Crippen molar-refractivity contribution in [3.63, 3.8) is 0 Å². The first-order valence-electron chi connectivity index (χ1n) is 5.81. The molecule has 1 heterocycles. The number of aryl methyl sites for hydroxylation is 1. The third kappa shape index (κ3) is 3.40. The first-order chi connectivity index (χ1) is 8.69. The molecule has 0 saturated heterocycles. The van der Waals surface area contributed by atoms with E-state index in [0.29, 0.717) is 5.05 Å². The molecule has 0 unspecified atom stereocenters. The summed E-state index contributed by atoms with van der Waals surface area (Å²) < 4.78 is 4.97. The summed E-state index contributed by atoms with van der Waals surface area (Å²) in [5, 5.41) is 2.46. The van der Waals surface area contributed by atoms with Gasteiger partial charge in [-0.2, -0.15) is 0 Å². The van der Waals surface area contributed by atoms with Crippen LogP contribution in [0.2, 0.25) is 5.02 Å². The van der Waals surface area contributed by atoms with Crippen molar-refractivity contribution >= 4 is 39.8 Å². The fourth-order valence-electron chi connectivity index (χ4n) is 1.79. The topological polar surface area (TPSA) is 22.1 Å². The van der Waals surface area contributed by atoms with Crippen LogP contribution in [-0.2, 0) is 11.2 Å². The molecule has 0 saturated carbocycles. The number of methoxy groups -OCH3 is 1. The fourth-order valence-corrected chi connectivity index (χ4v) is 2.12. The Balaban J connectivity index is 2.06. The highest BCUT2D eigenvalue weighted by Crippen LogP contribution is 2.18. The zero-order valence-corrected chi connectivity index (χ0v) is 11.7. The molecule has 0 N–H and O–H groups in total. The van der Waals surface area contributed by atoms with Gasteiger partial charge >= 0.3 is 0 Å². The molecule has 1 aromatic carbocycles. The standard InChI is InChI=1S/C14H14ClNOS/c1-17-14(18)4-2-3-12-7-5-10-9-11(15)6-8-13(10)16-12/h5-9H,2-4H2,1H3. The summed E-state index contributed by atoms with van der Waals surface area (Å²) >= 11 is 10.9. The van der Waals surface area contributed by atoms with E-state index in [2.05, 4.69) is 11.1 Å². The molecule has 0 fully saturated rings. The van der Waals surface area contributed by atoms with Crippen LogP contribution in [0.5, 0.6) is 0 Å². The van der Waals surface area contributed by atoms with Crippen LogP contribution >= 0.6 is 23.8 Å². The summed E-state index contributed by atoms with van der Waals surface area (Å²) in [4.78, 5) is 4.60. The summed E-state index contributed by atoms with van der Waals surface area (Å²) in [6.07, 6.45) is 2.66. The number of fused-ring (bicyclic) bond motifs is 1. The van der Waals surface area contributed by atoms with Gasteiger partial charge in [0.1, 0.15) is 0 Å². The third-order valence-electron chi connectivity index (χ3n) is 2.75. The molecule has 18 heavy (non-hydrogen) atoms. The Morgan fingerprint density at radius 3 is 2.94 bits per heavy atom. The minimum Gasteiger partial charge on any atom is -0.490 e. The number of pyridine rings is 1. The Hall–Kier alpha value is -1.19. The number of ether oxygens (including phenoxy) is 1. The molecule has 0 radical (unpaired) electrons. The highest BCUT2D eigenvalue weighted by atomic mass is 35.5. The zero-order valence-electron chi connectivity index (χ0n) is 10.1. The van der Waals surface area contributed by atoms with Crippen LogP contribution in [0.15, 0.2) is 30.3 Å². The number of halogens is 1. The summed E-state index contributed by atoms with van der Waals surface area (Å²) in [6.45, 7) is 0. The van der Waals surface area contributed by atoms with Gasteiger partial charge in [-0.3, -0.25) is 4.98 Å². The predicted molar refractivity (Wildman–Crippen MR) is 79.3 cm³/mol. The number of thiocarbonyl (C=S) groups is 1. The van der Waals surface area contributed by atoms with Crippen molar-refractivity contribution in [3.8, 4) is 0 Å². The van der Waals surface area contributed by atoms with Crippen molar-refractivity contribution in [1.82, 2.24) is 4.98 Å². The zero-order chi connectivity index (χ0) is 13.0. The van der Waals surface area contributed by atoms with Gasteiger partial charge in [-0.15, -0.1) is 0 Å². The SMILES string of the molecule is COC(=S)CCCc1ccc2cc(Cl)ccc2n1. The largest absolute Gasteiger partial charge is 0.490 e. The monoisotopic (exact) mass is 279 g/mol. The number of aromatic nitrogens is 1. The predicted octanol–water partition coefficient (Wildman–Crippen LogP) is 4.18. The average Bonchev–Trinajstić information content (AvgIpc) is 2.38.